The van der Waals surface area contributed by atoms with Gasteiger partial charge in [0, 0.05) is 18.2 Å². The van der Waals surface area contributed by atoms with E-state index in [4.69, 9.17) is 30.8 Å². The van der Waals surface area contributed by atoms with Crippen LogP contribution in [0.25, 0.3) is 12.2 Å². The molecular weight excluding hydrogens is 480 g/mol. The van der Waals surface area contributed by atoms with E-state index in [9.17, 15) is 9.59 Å². The first-order chi connectivity index (χ1) is 17.4. The lowest BCUT2D eigenvalue weighted by Crippen LogP contribution is -2.25. The van der Waals surface area contributed by atoms with Crippen molar-refractivity contribution in [2.45, 2.75) is 39.7 Å². The molecular formula is C26H24N4O5S. The lowest BCUT2D eigenvalue weighted by atomic mass is 9.87. The van der Waals surface area contributed by atoms with Gasteiger partial charge in [-0.25, -0.2) is 19.6 Å². The Kier molecular flexibility index (Phi) is 6.27. The molecule has 5 rings (SSSR count). The summed E-state index contributed by atoms with van der Waals surface area (Å²) >= 11 is 5.63. The van der Waals surface area contributed by atoms with Crippen molar-refractivity contribution in [2.75, 3.05) is 6.61 Å². The lowest BCUT2D eigenvalue weighted by Gasteiger charge is -2.19. The monoisotopic (exact) mass is 504 g/mol. The van der Waals surface area contributed by atoms with Crippen LogP contribution in [0.3, 0.4) is 0 Å². The summed E-state index contributed by atoms with van der Waals surface area (Å²) in [6.45, 7) is 5.94. The fraction of sp³-hybridized carbons (Fsp3) is 0.269. The maximum Gasteiger partial charge on any atom is 0.360 e. The van der Waals surface area contributed by atoms with Crippen molar-refractivity contribution < 1.29 is 18.4 Å². The number of nitrogens with one attached hydrogen (secondary N) is 1. The summed E-state index contributed by atoms with van der Waals surface area (Å²) in [4.78, 5) is 36.5. The Bertz CT molecular complexity index is 1610. The minimum absolute atomic E-state index is 0.00500. The second-order valence-electron chi connectivity index (χ2n) is 8.43. The van der Waals surface area contributed by atoms with E-state index in [1.807, 2.05) is 32.1 Å². The Morgan fingerprint density at radius 1 is 1.19 bits per heavy atom. The Balaban J connectivity index is 1.62. The quantitative estimate of drug-likeness (QED) is 0.263. The Labute approximate surface area is 211 Å². The van der Waals surface area contributed by atoms with Gasteiger partial charge in [0.15, 0.2) is 17.3 Å². The summed E-state index contributed by atoms with van der Waals surface area (Å²) in [5, 5.41) is 0. The van der Waals surface area contributed by atoms with Gasteiger partial charge in [0.2, 0.25) is 5.89 Å². The van der Waals surface area contributed by atoms with Crippen molar-refractivity contribution >= 4 is 30.3 Å². The molecule has 0 radical (unpaired) electrons. The molecule has 0 saturated heterocycles. The van der Waals surface area contributed by atoms with Gasteiger partial charge >= 0.3 is 11.7 Å². The van der Waals surface area contributed by atoms with Crippen LogP contribution in [0, 0.1) is 11.6 Å². The number of hydrogen-bond donors (Lipinski definition) is 1. The van der Waals surface area contributed by atoms with Gasteiger partial charge in [-0.05, 0) is 31.1 Å². The molecule has 0 fully saturated rings. The van der Waals surface area contributed by atoms with Crippen molar-refractivity contribution in [2.24, 2.45) is 0 Å². The average Bonchev–Trinajstić information content (AvgIpc) is 3.46. The first-order valence-electron chi connectivity index (χ1n) is 11.6. The molecule has 1 aliphatic carbocycles. The molecule has 1 aliphatic rings. The van der Waals surface area contributed by atoms with Crippen LogP contribution >= 0.6 is 12.2 Å². The first kappa shape index (κ1) is 23.7. The van der Waals surface area contributed by atoms with Gasteiger partial charge in [0.25, 0.3) is 0 Å². The Morgan fingerprint density at radius 3 is 2.81 bits per heavy atom. The normalized spacial score (nSPS) is 14.2. The van der Waals surface area contributed by atoms with Crippen LogP contribution in [0.2, 0.25) is 0 Å². The highest BCUT2D eigenvalue weighted by atomic mass is 32.1. The van der Waals surface area contributed by atoms with E-state index in [2.05, 4.69) is 22.1 Å². The summed E-state index contributed by atoms with van der Waals surface area (Å²) in [7, 11) is 0. The molecule has 1 atom stereocenters. The van der Waals surface area contributed by atoms with Gasteiger partial charge in [0.1, 0.15) is 17.4 Å². The van der Waals surface area contributed by atoms with Gasteiger partial charge < -0.3 is 13.6 Å². The molecule has 1 unspecified atom stereocenters. The van der Waals surface area contributed by atoms with E-state index in [0.29, 0.717) is 28.3 Å². The van der Waals surface area contributed by atoms with Crippen LogP contribution in [-0.4, -0.2) is 32.1 Å². The number of carbonyl (C=O) groups is 1. The topological polar surface area (TPSA) is 116 Å². The van der Waals surface area contributed by atoms with E-state index in [0.717, 1.165) is 22.4 Å². The summed E-state index contributed by atoms with van der Waals surface area (Å²) in [5.41, 5.74) is 4.17. The number of carbonyl (C=O) groups excluding carboxylic acids is 1. The van der Waals surface area contributed by atoms with Gasteiger partial charge in [-0.2, -0.15) is 0 Å². The molecule has 9 nitrogen and oxygen atoms in total. The number of ether oxygens (including phenoxy) is 1. The zero-order valence-electron chi connectivity index (χ0n) is 20.0. The fourth-order valence-corrected chi connectivity index (χ4v) is 4.53. The number of rotatable bonds is 6. The zero-order valence-corrected chi connectivity index (χ0v) is 20.8. The van der Waals surface area contributed by atoms with Crippen molar-refractivity contribution in [3.05, 3.63) is 97.0 Å². The third-order valence-electron chi connectivity index (χ3n) is 5.96. The van der Waals surface area contributed by atoms with Crippen molar-refractivity contribution in [3.8, 4) is 0 Å². The predicted octanol–water partition coefficient (Wildman–Crippen LogP) is 4.64. The highest BCUT2D eigenvalue weighted by Gasteiger charge is 2.30. The number of fused-ring (bicyclic) bond motifs is 2. The summed E-state index contributed by atoms with van der Waals surface area (Å²) in [6, 6.07) is 6.19. The standard InChI is InChI=1S/C26H24N4O5S/c1-4-20-28-23-19(35-20)9-7-15-10-14(3)6-8-16(15)22(23)17-11-30(26(32)29-24(17)36)12-21-27-18(13-34-21)25(31)33-5-2/h6-11,13,22H,4-5,12H2,1-3H3,(H,29,32,36). The maximum atomic E-state index is 12.8. The molecule has 1 aromatic carbocycles. The third-order valence-corrected chi connectivity index (χ3v) is 6.30. The van der Waals surface area contributed by atoms with E-state index < -0.39 is 11.7 Å². The molecule has 36 heavy (non-hydrogen) atoms. The molecule has 184 valence electrons. The molecule has 1 N–H and O–H groups in total. The van der Waals surface area contributed by atoms with E-state index in [-0.39, 0.29) is 30.7 Å². The highest BCUT2D eigenvalue weighted by Crippen LogP contribution is 2.39. The van der Waals surface area contributed by atoms with E-state index in [1.165, 1.54) is 10.8 Å². The summed E-state index contributed by atoms with van der Waals surface area (Å²) < 4.78 is 18.1. The summed E-state index contributed by atoms with van der Waals surface area (Å²) in [6.07, 6.45) is 7.49. The number of esters is 1. The molecule has 0 saturated carbocycles. The smallest absolute Gasteiger partial charge is 0.360 e. The Morgan fingerprint density at radius 2 is 2.03 bits per heavy atom. The largest absolute Gasteiger partial charge is 0.461 e. The molecule has 0 aliphatic heterocycles. The van der Waals surface area contributed by atoms with Crippen LogP contribution in [0.5, 0.6) is 0 Å². The van der Waals surface area contributed by atoms with Gasteiger partial charge in [-0.15, -0.1) is 0 Å². The third kappa shape index (κ3) is 4.35. The van der Waals surface area contributed by atoms with E-state index >= 15 is 0 Å². The number of nitrogens with zero attached hydrogens (tertiary/aromatic N) is 3. The molecule has 0 amide bonds. The van der Waals surface area contributed by atoms with Gasteiger partial charge in [-0.1, -0.05) is 49.0 Å². The number of aryl methyl sites for hydroxylation is 2. The number of oxazole rings is 2. The molecule has 4 aromatic rings. The predicted molar refractivity (Wildman–Crippen MR) is 134 cm³/mol. The molecule has 0 spiro atoms. The van der Waals surface area contributed by atoms with Gasteiger partial charge in [0.05, 0.1) is 18.2 Å². The number of hydrogen-bond acceptors (Lipinski definition) is 8. The van der Waals surface area contributed by atoms with Crippen LogP contribution < -0.4 is 5.69 Å². The molecule has 3 heterocycles. The van der Waals surface area contributed by atoms with Crippen molar-refractivity contribution in [1.82, 2.24) is 19.5 Å². The highest BCUT2D eigenvalue weighted by molar-refractivity contribution is 7.71. The number of aromatic nitrogens is 4. The van der Waals surface area contributed by atoms with Crippen LogP contribution in [0.4, 0.5) is 0 Å². The molecule has 0 bridgehead atoms. The number of benzene rings is 1. The van der Waals surface area contributed by atoms with Crippen molar-refractivity contribution in [3.63, 3.8) is 0 Å². The second kappa shape index (κ2) is 9.54. The van der Waals surface area contributed by atoms with Crippen LogP contribution in [-0.2, 0) is 17.7 Å². The first-order valence-corrected chi connectivity index (χ1v) is 12.0. The second-order valence-corrected chi connectivity index (χ2v) is 8.84. The van der Waals surface area contributed by atoms with Crippen molar-refractivity contribution in [1.29, 1.82) is 0 Å². The Hall–Kier alpha value is -4.05. The SMILES string of the molecule is CCOC(=O)c1coc(Cn2cc(C3c4ccc(C)cc4C=Cc4oc(CC)nc43)c(=S)[nH]c2=O)n1. The minimum atomic E-state index is -0.587. The van der Waals surface area contributed by atoms with E-state index in [1.54, 1.807) is 13.1 Å². The molecule has 3 aromatic heterocycles. The lowest BCUT2D eigenvalue weighted by molar-refractivity contribution is 0.0519. The maximum absolute atomic E-state index is 12.8. The van der Waals surface area contributed by atoms with Gasteiger partial charge in [-0.3, -0.25) is 9.55 Å². The number of aromatic amines is 1. The van der Waals surface area contributed by atoms with Crippen LogP contribution in [0.1, 0.15) is 75.7 Å². The minimum Gasteiger partial charge on any atom is -0.461 e. The zero-order chi connectivity index (χ0) is 25.4. The fourth-order valence-electron chi connectivity index (χ4n) is 4.28. The summed E-state index contributed by atoms with van der Waals surface area (Å²) in [5.74, 6) is 0.510. The average molecular weight is 505 g/mol. The van der Waals surface area contributed by atoms with Crippen LogP contribution in [0.15, 0.2) is 44.3 Å². The number of H-pyrrole nitrogens is 1. The molecule has 10 heteroatoms.